The number of nitrogens with zero attached hydrogens (tertiary/aromatic N) is 1. The highest BCUT2D eigenvalue weighted by molar-refractivity contribution is 4.76. The van der Waals surface area contributed by atoms with Crippen molar-refractivity contribution in [1.82, 2.24) is 0 Å². The Hall–Kier alpha value is -1.06. The van der Waals surface area contributed by atoms with Gasteiger partial charge in [0.15, 0.2) is 6.26 Å². The van der Waals surface area contributed by atoms with E-state index >= 15 is 0 Å². The lowest BCUT2D eigenvalue weighted by molar-refractivity contribution is -0.425. The molecule has 0 amide bonds. The van der Waals surface area contributed by atoms with Crippen LogP contribution in [0.15, 0.2) is 12.0 Å². The summed E-state index contributed by atoms with van der Waals surface area (Å²) in [5.74, 6) is 0. The monoisotopic (exact) mass is 103 g/mol. The standard InChI is InChI=1S/C3H5NO3/c1-3(2-5)4(6)7/h2,5H,1H3. The maximum Gasteiger partial charge on any atom is 0.276 e. The third-order valence-electron chi connectivity index (χ3n) is 0.475. The zero-order valence-corrected chi connectivity index (χ0v) is 3.79. The molecule has 1 N–H and O–H groups in total. The van der Waals surface area contributed by atoms with E-state index in [1.807, 2.05) is 0 Å². The summed E-state index contributed by atoms with van der Waals surface area (Å²) in [4.78, 5) is 8.84. The van der Waals surface area contributed by atoms with E-state index in [1.165, 1.54) is 6.92 Å². The van der Waals surface area contributed by atoms with Gasteiger partial charge in [-0.05, 0) is 0 Å². The van der Waals surface area contributed by atoms with E-state index in [0.717, 1.165) is 0 Å². The van der Waals surface area contributed by atoms with Crippen LogP contribution in [0.4, 0.5) is 0 Å². The van der Waals surface area contributed by atoms with Gasteiger partial charge in [-0.3, -0.25) is 10.1 Å². The summed E-state index contributed by atoms with van der Waals surface area (Å²) in [6.07, 6.45) is 0.458. The van der Waals surface area contributed by atoms with Crippen LogP contribution in [0.1, 0.15) is 6.92 Å². The highest BCUT2D eigenvalue weighted by atomic mass is 16.6. The van der Waals surface area contributed by atoms with Gasteiger partial charge in [-0.1, -0.05) is 0 Å². The number of allylic oxidation sites excluding steroid dienone is 1. The molecule has 0 heterocycles. The van der Waals surface area contributed by atoms with Gasteiger partial charge in [-0.2, -0.15) is 0 Å². The normalized spacial score (nSPS) is 11.3. The average Bonchev–Trinajstić information content (AvgIpc) is 1.65. The van der Waals surface area contributed by atoms with Crippen LogP contribution in [0.2, 0.25) is 0 Å². The lowest BCUT2D eigenvalue weighted by Gasteiger charge is -1.80. The van der Waals surface area contributed by atoms with Gasteiger partial charge in [0.2, 0.25) is 0 Å². The number of nitro groups is 1. The second-order valence-corrected chi connectivity index (χ2v) is 1.03. The summed E-state index contributed by atoms with van der Waals surface area (Å²) in [5, 5.41) is 17.4. The zero-order chi connectivity index (χ0) is 5.86. The van der Waals surface area contributed by atoms with Crippen LogP contribution < -0.4 is 0 Å². The van der Waals surface area contributed by atoms with Gasteiger partial charge in [-0.25, -0.2) is 0 Å². The predicted octanol–water partition coefficient (Wildman–Crippen LogP) is 0.682. The molecule has 0 aliphatic carbocycles. The molecule has 4 heteroatoms. The third kappa shape index (κ3) is 1.75. The van der Waals surface area contributed by atoms with Crippen LogP contribution >= 0.6 is 0 Å². The molecule has 0 radical (unpaired) electrons. The summed E-state index contributed by atoms with van der Waals surface area (Å²) in [6, 6.07) is 0. The Morgan fingerprint density at radius 1 is 2.00 bits per heavy atom. The molecule has 0 spiro atoms. The molecule has 0 saturated heterocycles. The van der Waals surface area contributed by atoms with Gasteiger partial charge in [0, 0.05) is 6.92 Å². The predicted molar refractivity (Wildman–Crippen MR) is 23.4 cm³/mol. The van der Waals surface area contributed by atoms with Gasteiger partial charge in [0.25, 0.3) is 5.70 Å². The molecule has 0 bridgehead atoms. The van der Waals surface area contributed by atoms with Crippen molar-refractivity contribution in [3.05, 3.63) is 22.1 Å². The molecule has 40 valence electrons. The van der Waals surface area contributed by atoms with Crippen LogP contribution in [0, 0.1) is 10.1 Å². The molecule has 0 aromatic carbocycles. The molecule has 0 aliphatic heterocycles. The number of aliphatic hydroxyl groups excluding tert-OH is 1. The summed E-state index contributed by atoms with van der Waals surface area (Å²) < 4.78 is 0. The van der Waals surface area contributed by atoms with Gasteiger partial charge >= 0.3 is 0 Å². The van der Waals surface area contributed by atoms with Crippen molar-refractivity contribution < 1.29 is 10.0 Å². The van der Waals surface area contributed by atoms with Crippen LogP contribution in [0.5, 0.6) is 0 Å². The summed E-state index contributed by atoms with van der Waals surface area (Å²) in [7, 11) is 0. The molecular weight excluding hydrogens is 98.0 g/mol. The largest absolute Gasteiger partial charge is 0.509 e. The first-order valence-corrected chi connectivity index (χ1v) is 1.64. The molecule has 0 unspecified atom stereocenters. The van der Waals surface area contributed by atoms with E-state index in [1.54, 1.807) is 0 Å². The van der Waals surface area contributed by atoms with Crippen molar-refractivity contribution in [2.45, 2.75) is 6.92 Å². The molecule has 0 rings (SSSR count). The Balaban J connectivity index is 3.82. The Kier molecular flexibility index (Phi) is 1.84. The molecule has 0 atom stereocenters. The third-order valence-corrected chi connectivity index (χ3v) is 0.475. The van der Waals surface area contributed by atoms with Gasteiger partial charge in [-0.15, -0.1) is 0 Å². The highest BCUT2D eigenvalue weighted by Crippen LogP contribution is 1.87. The van der Waals surface area contributed by atoms with Crippen molar-refractivity contribution in [3.63, 3.8) is 0 Å². The molecule has 0 aromatic heterocycles. The fourth-order valence-corrected chi connectivity index (χ4v) is 0.0471. The Morgan fingerprint density at radius 3 is 2.43 bits per heavy atom. The van der Waals surface area contributed by atoms with E-state index in [9.17, 15) is 10.1 Å². The topological polar surface area (TPSA) is 63.4 Å². The fourth-order valence-electron chi connectivity index (χ4n) is 0.0471. The molecule has 4 nitrogen and oxygen atoms in total. The maximum atomic E-state index is 9.51. The minimum absolute atomic E-state index is 0.250. The number of rotatable bonds is 1. The van der Waals surface area contributed by atoms with E-state index in [2.05, 4.69) is 0 Å². The van der Waals surface area contributed by atoms with Crippen molar-refractivity contribution in [3.8, 4) is 0 Å². The minimum Gasteiger partial charge on any atom is -0.509 e. The summed E-state index contributed by atoms with van der Waals surface area (Å²) in [5.41, 5.74) is -0.250. The van der Waals surface area contributed by atoms with Crippen LogP contribution in [0.3, 0.4) is 0 Å². The van der Waals surface area contributed by atoms with Crippen LogP contribution in [-0.2, 0) is 0 Å². The maximum absolute atomic E-state index is 9.51. The molecular formula is C3H5NO3. The van der Waals surface area contributed by atoms with E-state index in [0.29, 0.717) is 6.26 Å². The minimum atomic E-state index is -0.667. The number of hydrogen-bond donors (Lipinski definition) is 1. The smallest absolute Gasteiger partial charge is 0.276 e. The second-order valence-electron chi connectivity index (χ2n) is 1.03. The SMILES string of the molecule is CC(=CO)[N+](=O)[O-]. The molecule has 0 aromatic rings. The molecule has 7 heavy (non-hydrogen) atoms. The van der Waals surface area contributed by atoms with Gasteiger partial charge < -0.3 is 5.11 Å². The molecule has 0 fully saturated rings. The first-order valence-electron chi connectivity index (χ1n) is 1.64. The van der Waals surface area contributed by atoms with Gasteiger partial charge in [0.05, 0.1) is 4.92 Å². The van der Waals surface area contributed by atoms with Crippen LogP contribution in [0.25, 0.3) is 0 Å². The molecule has 0 saturated carbocycles. The van der Waals surface area contributed by atoms with Crippen LogP contribution in [-0.4, -0.2) is 10.0 Å². The van der Waals surface area contributed by atoms with Crippen molar-refractivity contribution >= 4 is 0 Å². The van der Waals surface area contributed by atoms with Crippen molar-refractivity contribution in [2.24, 2.45) is 0 Å². The Morgan fingerprint density at radius 2 is 2.43 bits per heavy atom. The van der Waals surface area contributed by atoms with E-state index in [4.69, 9.17) is 5.11 Å². The number of hydrogen-bond acceptors (Lipinski definition) is 3. The lowest BCUT2D eigenvalue weighted by Crippen LogP contribution is -1.91. The number of aliphatic hydroxyl groups is 1. The Bertz CT molecular complexity index is 107. The summed E-state index contributed by atoms with van der Waals surface area (Å²) >= 11 is 0. The zero-order valence-electron chi connectivity index (χ0n) is 3.79. The van der Waals surface area contributed by atoms with E-state index < -0.39 is 4.92 Å². The average molecular weight is 103 g/mol. The highest BCUT2D eigenvalue weighted by Gasteiger charge is 1.97. The summed E-state index contributed by atoms with van der Waals surface area (Å²) in [6.45, 7) is 1.21. The first-order chi connectivity index (χ1) is 3.18. The first kappa shape index (κ1) is 5.94. The lowest BCUT2D eigenvalue weighted by atomic mass is 10.6. The fraction of sp³-hybridized carbons (Fsp3) is 0.333. The van der Waals surface area contributed by atoms with Crippen molar-refractivity contribution in [1.29, 1.82) is 0 Å². The quantitative estimate of drug-likeness (QED) is 0.301. The van der Waals surface area contributed by atoms with Crippen molar-refractivity contribution in [2.75, 3.05) is 0 Å². The van der Waals surface area contributed by atoms with E-state index in [-0.39, 0.29) is 5.70 Å². The van der Waals surface area contributed by atoms with Gasteiger partial charge in [0.1, 0.15) is 0 Å². The second kappa shape index (κ2) is 2.17. The molecule has 0 aliphatic rings. The Labute approximate surface area is 40.2 Å².